The van der Waals surface area contributed by atoms with Crippen molar-refractivity contribution >= 4 is 11.7 Å². The SMILES string of the molecule is CNC(=O)c1cnc(-c2ccncc2)nc1N. The Balaban J connectivity index is 2.41. The van der Waals surface area contributed by atoms with Crippen LogP contribution in [0.2, 0.25) is 0 Å². The minimum absolute atomic E-state index is 0.158. The van der Waals surface area contributed by atoms with Crippen molar-refractivity contribution in [2.24, 2.45) is 0 Å². The summed E-state index contributed by atoms with van der Waals surface area (Å²) in [5, 5.41) is 2.47. The molecule has 0 unspecified atom stereocenters. The average molecular weight is 229 g/mol. The highest BCUT2D eigenvalue weighted by atomic mass is 16.1. The molecule has 3 N–H and O–H groups in total. The summed E-state index contributed by atoms with van der Waals surface area (Å²) in [4.78, 5) is 23.5. The van der Waals surface area contributed by atoms with E-state index in [1.807, 2.05) is 0 Å². The Morgan fingerprint density at radius 3 is 2.65 bits per heavy atom. The number of rotatable bonds is 2. The number of nitrogens with two attached hydrogens (primary N) is 1. The molecule has 6 heteroatoms. The van der Waals surface area contributed by atoms with Crippen LogP contribution in [0.4, 0.5) is 5.82 Å². The van der Waals surface area contributed by atoms with Gasteiger partial charge >= 0.3 is 0 Å². The zero-order valence-corrected chi connectivity index (χ0v) is 9.21. The molecule has 2 aromatic rings. The molecule has 0 aromatic carbocycles. The van der Waals surface area contributed by atoms with Gasteiger partial charge < -0.3 is 11.1 Å². The van der Waals surface area contributed by atoms with Gasteiger partial charge in [0.1, 0.15) is 5.82 Å². The van der Waals surface area contributed by atoms with Gasteiger partial charge in [0, 0.05) is 31.2 Å². The highest BCUT2D eigenvalue weighted by Gasteiger charge is 2.11. The molecule has 0 aliphatic heterocycles. The third-order valence-corrected chi connectivity index (χ3v) is 2.23. The number of carbonyl (C=O) groups is 1. The van der Waals surface area contributed by atoms with Crippen LogP contribution in [0.15, 0.2) is 30.7 Å². The van der Waals surface area contributed by atoms with Gasteiger partial charge in [0.15, 0.2) is 5.82 Å². The van der Waals surface area contributed by atoms with Crippen LogP contribution in [0.25, 0.3) is 11.4 Å². The first kappa shape index (κ1) is 11.0. The van der Waals surface area contributed by atoms with Gasteiger partial charge in [-0.15, -0.1) is 0 Å². The highest BCUT2D eigenvalue weighted by Crippen LogP contribution is 2.16. The number of anilines is 1. The van der Waals surface area contributed by atoms with Crippen molar-refractivity contribution in [1.29, 1.82) is 0 Å². The summed E-state index contributed by atoms with van der Waals surface area (Å²) in [5.74, 6) is 0.326. The van der Waals surface area contributed by atoms with E-state index in [4.69, 9.17) is 5.73 Å². The van der Waals surface area contributed by atoms with E-state index in [1.54, 1.807) is 24.5 Å². The van der Waals surface area contributed by atoms with Crippen molar-refractivity contribution in [3.63, 3.8) is 0 Å². The van der Waals surface area contributed by atoms with Crippen LogP contribution in [0.1, 0.15) is 10.4 Å². The summed E-state index contributed by atoms with van der Waals surface area (Å²) in [5.41, 5.74) is 6.78. The molecule has 0 radical (unpaired) electrons. The van der Waals surface area contributed by atoms with Crippen LogP contribution in [0, 0.1) is 0 Å². The van der Waals surface area contributed by atoms with Gasteiger partial charge in [-0.05, 0) is 12.1 Å². The van der Waals surface area contributed by atoms with E-state index >= 15 is 0 Å². The molecule has 0 saturated heterocycles. The number of nitrogens with one attached hydrogen (secondary N) is 1. The smallest absolute Gasteiger partial charge is 0.256 e. The lowest BCUT2D eigenvalue weighted by Gasteiger charge is -2.05. The Labute approximate surface area is 97.9 Å². The maximum Gasteiger partial charge on any atom is 0.256 e. The Morgan fingerprint density at radius 1 is 1.35 bits per heavy atom. The van der Waals surface area contributed by atoms with Crippen LogP contribution in [0.5, 0.6) is 0 Å². The number of aromatic nitrogens is 3. The second kappa shape index (κ2) is 4.56. The lowest BCUT2D eigenvalue weighted by Crippen LogP contribution is -2.20. The number of amides is 1. The van der Waals surface area contributed by atoms with Crippen molar-refractivity contribution < 1.29 is 4.79 Å². The molecular weight excluding hydrogens is 218 g/mol. The maximum absolute atomic E-state index is 11.4. The topological polar surface area (TPSA) is 93.8 Å². The summed E-state index contributed by atoms with van der Waals surface area (Å²) in [6.07, 6.45) is 4.69. The van der Waals surface area contributed by atoms with Gasteiger partial charge in [-0.1, -0.05) is 0 Å². The van der Waals surface area contributed by atoms with Gasteiger partial charge in [0.05, 0.1) is 5.56 Å². The highest BCUT2D eigenvalue weighted by molar-refractivity contribution is 5.98. The van der Waals surface area contributed by atoms with Crippen LogP contribution in [0.3, 0.4) is 0 Å². The quantitative estimate of drug-likeness (QED) is 0.781. The van der Waals surface area contributed by atoms with E-state index in [1.165, 1.54) is 13.2 Å². The molecule has 0 atom stereocenters. The first-order valence-electron chi connectivity index (χ1n) is 4.97. The second-order valence-corrected chi connectivity index (χ2v) is 3.31. The zero-order valence-electron chi connectivity index (χ0n) is 9.21. The largest absolute Gasteiger partial charge is 0.383 e. The van der Waals surface area contributed by atoms with E-state index in [-0.39, 0.29) is 17.3 Å². The predicted molar refractivity (Wildman–Crippen MR) is 63.1 cm³/mol. The van der Waals surface area contributed by atoms with Gasteiger partial charge in [0.2, 0.25) is 0 Å². The molecule has 2 heterocycles. The summed E-state index contributed by atoms with van der Waals surface area (Å²) >= 11 is 0. The summed E-state index contributed by atoms with van der Waals surface area (Å²) < 4.78 is 0. The molecule has 86 valence electrons. The standard InChI is InChI=1S/C11H11N5O/c1-13-11(17)8-6-15-10(16-9(8)12)7-2-4-14-5-3-7/h2-6H,1H3,(H,13,17)(H2,12,15,16). The lowest BCUT2D eigenvalue weighted by molar-refractivity contribution is 0.0963. The van der Waals surface area contributed by atoms with E-state index in [0.717, 1.165) is 5.56 Å². The van der Waals surface area contributed by atoms with E-state index < -0.39 is 0 Å². The van der Waals surface area contributed by atoms with Crippen LogP contribution < -0.4 is 11.1 Å². The lowest BCUT2D eigenvalue weighted by atomic mass is 10.2. The predicted octanol–water partition coefficient (Wildman–Crippen LogP) is 0.480. The summed E-state index contributed by atoms with van der Waals surface area (Å²) in [6.45, 7) is 0. The average Bonchev–Trinajstić information content (AvgIpc) is 2.39. The third-order valence-electron chi connectivity index (χ3n) is 2.23. The Bertz CT molecular complexity index is 541. The Kier molecular flexibility index (Phi) is 2.95. The number of pyridine rings is 1. The van der Waals surface area contributed by atoms with Gasteiger partial charge in [-0.25, -0.2) is 9.97 Å². The molecule has 2 aromatic heterocycles. The third kappa shape index (κ3) is 2.20. The molecule has 0 fully saturated rings. The zero-order chi connectivity index (χ0) is 12.3. The van der Waals surface area contributed by atoms with Crippen molar-refractivity contribution in [2.75, 3.05) is 12.8 Å². The molecule has 0 aliphatic carbocycles. The van der Waals surface area contributed by atoms with E-state index in [0.29, 0.717) is 5.82 Å². The fourth-order valence-corrected chi connectivity index (χ4v) is 1.34. The molecule has 0 bridgehead atoms. The molecule has 0 aliphatic rings. The summed E-state index contributed by atoms with van der Waals surface area (Å²) in [7, 11) is 1.53. The van der Waals surface area contributed by atoms with Crippen LogP contribution in [-0.2, 0) is 0 Å². The molecular formula is C11H11N5O. The van der Waals surface area contributed by atoms with Crippen molar-refractivity contribution in [2.45, 2.75) is 0 Å². The number of nitrogen functional groups attached to an aromatic ring is 1. The number of hydrogen-bond acceptors (Lipinski definition) is 5. The minimum atomic E-state index is -0.302. The fourth-order valence-electron chi connectivity index (χ4n) is 1.34. The van der Waals surface area contributed by atoms with Gasteiger partial charge in [-0.3, -0.25) is 9.78 Å². The van der Waals surface area contributed by atoms with Gasteiger partial charge in [0.25, 0.3) is 5.91 Å². The fraction of sp³-hybridized carbons (Fsp3) is 0.0909. The Hall–Kier alpha value is -2.50. The van der Waals surface area contributed by atoms with Gasteiger partial charge in [-0.2, -0.15) is 0 Å². The number of carbonyl (C=O) groups excluding carboxylic acids is 1. The van der Waals surface area contributed by atoms with Crippen molar-refractivity contribution in [1.82, 2.24) is 20.3 Å². The Morgan fingerprint density at radius 2 is 2.06 bits per heavy atom. The molecule has 2 rings (SSSR count). The number of nitrogens with zero attached hydrogens (tertiary/aromatic N) is 3. The first-order valence-corrected chi connectivity index (χ1v) is 4.97. The summed E-state index contributed by atoms with van der Waals surface area (Å²) in [6, 6.07) is 3.54. The van der Waals surface area contributed by atoms with E-state index in [2.05, 4.69) is 20.3 Å². The number of hydrogen-bond donors (Lipinski definition) is 2. The van der Waals surface area contributed by atoms with Crippen molar-refractivity contribution in [3.8, 4) is 11.4 Å². The maximum atomic E-state index is 11.4. The van der Waals surface area contributed by atoms with Crippen molar-refractivity contribution in [3.05, 3.63) is 36.3 Å². The van der Waals surface area contributed by atoms with Crippen LogP contribution >= 0.6 is 0 Å². The molecule has 0 saturated carbocycles. The molecule has 17 heavy (non-hydrogen) atoms. The minimum Gasteiger partial charge on any atom is -0.383 e. The second-order valence-electron chi connectivity index (χ2n) is 3.31. The normalized spacial score (nSPS) is 9.94. The van der Waals surface area contributed by atoms with Crippen LogP contribution in [-0.4, -0.2) is 27.9 Å². The molecule has 0 spiro atoms. The van der Waals surface area contributed by atoms with E-state index in [9.17, 15) is 4.79 Å². The monoisotopic (exact) mass is 229 g/mol. The first-order chi connectivity index (χ1) is 8.22. The molecule has 6 nitrogen and oxygen atoms in total. The molecule has 1 amide bonds.